The molecule has 7 nitrogen and oxygen atoms in total. The van der Waals surface area contributed by atoms with Crippen LogP contribution in [0.2, 0.25) is 0 Å². The molecule has 1 amide bonds. The van der Waals surface area contributed by atoms with Gasteiger partial charge in [0.15, 0.2) is 16.8 Å². The predicted octanol–water partition coefficient (Wildman–Crippen LogP) is 4.71. The first-order valence-electron chi connectivity index (χ1n) is 10.5. The maximum atomic E-state index is 13.1. The van der Waals surface area contributed by atoms with Gasteiger partial charge in [0.25, 0.3) is 0 Å². The number of thioether (sulfide) groups is 1. The van der Waals surface area contributed by atoms with Gasteiger partial charge in [-0.3, -0.25) is 19.1 Å². The fourth-order valence-corrected chi connectivity index (χ4v) is 4.29. The number of rotatable bonds is 8. The summed E-state index contributed by atoms with van der Waals surface area (Å²) in [5.74, 6) is 0.528. The summed E-state index contributed by atoms with van der Waals surface area (Å²) in [6.45, 7) is 3.88. The highest BCUT2D eigenvalue weighted by Crippen LogP contribution is 2.29. The molecule has 1 atom stereocenters. The number of aromatic nitrogens is 4. The molecule has 1 N–H and O–H groups in total. The summed E-state index contributed by atoms with van der Waals surface area (Å²) in [6, 6.07) is 20.8. The van der Waals surface area contributed by atoms with E-state index in [2.05, 4.69) is 20.5 Å². The van der Waals surface area contributed by atoms with E-state index in [1.54, 1.807) is 36.7 Å². The highest BCUT2D eigenvalue weighted by atomic mass is 32.2. The number of benzene rings is 2. The minimum absolute atomic E-state index is 0.0217. The summed E-state index contributed by atoms with van der Waals surface area (Å²) in [7, 11) is 0. The summed E-state index contributed by atoms with van der Waals surface area (Å²) < 4.78 is 2.01. The summed E-state index contributed by atoms with van der Waals surface area (Å²) in [6.07, 6.45) is 3.47. The molecule has 0 spiro atoms. The maximum absolute atomic E-state index is 13.1. The van der Waals surface area contributed by atoms with E-state index in [1.165, 1.54) is 18.7 Å². The number of anilines is 1. The van der Waals surface area contributed by atoms with Crippen molar-refractivity contribution in [1.82, 2.24) is 19.7 Å². The lowest BCUT2D eigenvalue weighted by atomic mass is 10.1. The Morgan fingerprint density at radius 3 is 2.42 bits per heavy atom. The lowest BCUT2D eigenvalue weighted by molar-refractivity contribution is -0.114. The summed E-state index contributed by atoms with van der Waals surface area (Å²) in [5.41, 5.74) is 3.20. The normalized spacial score (nSPS) is 11.7. The molecule has 0 aliphatic carbocycles. The third-order valence-corrected chi connectivity index (χ3v) is 6.04. The number of carbonyl (C=O) groups excluding carboxylic acids is 2. The van der Waals surface area contributed by atoms with E-state index in [9.17, 15) is 9.59 Å². The van der Waals surface area contributed by atoms with Crippen molar-refractivity contribution in [2.24, 2.45) is 0 Å². The molecule has 0 aliphatic rings. The Morgan fingerprint density at radius 1 is 1.00 bits per heavy atom. The number of nitrogens with zero attached hydrogens (tertiary/aromatic N) is 4. The molecule has 8 heteroatoms. The number of hydrogen-bond acceptors (Lipinski definition) is 6. The van der Waals surface area contributed by atoms with Crippen LogP contribution in [0.4, 0.5) is 5.69 Å². The Morgan fingerprint density at radius 2 is 1.76 bits per heavy atom. The van der Waals surface area contributed by atoms with Gasteiger partial charge in [-0.15, -0.1) is 10.2 Å². The molecule has 0 radical (unpaired) electrons. The largest absolute Gasteiger partial charge is 0.326 e. The first-order chi connectivity index (χ1) is 16.0. The number of ketones is 1. The molecule has 33 heavy (non-hydrogen) atoms. The SMILES string of the molecule is CC(=O)Nc1ccc(C(=O)C(C)Sc2nnc(-c3cccnc3)n2Cc2ccccc2)cc1. The van der Waals surface area contributed by atoms with Crippen molar-refractivity contribution in [3.8, 4) is 11.4 Å². The van der Waals surface area contributed by atoms with Gasteiger partial charge in [-0.2, -0.15) is 0 Å². The Bertz CT molecular complexity index is 1240. The van der Waals surface area contributed by atoms with Crippen LogP contribution in [-0.2, 0) is 11.3 Å². The zero-order chi connectivity index (χ0) is 23.2. The molecular weight excluding hydrogens is 434 g/mol. The molecular formula is C25H23N5O2S. The van der Waals surface area contributed by atoms with E-state index in [0.717, 1.165) is 11.1 Å². The van der Waals surface area contributed by atoms with Gasteiger partial charge in [0.1, 0.15) is 0 Å². The van der Waals surface area contributed by atoms with Crippen molar-refractivity contribution in [2.75, 3.05) is 5.32 Å². The molecule has 1 unspecified atom stereocenters. The van der Waals surface area contributed by atoms with E-state index in [-0.39, 0.29) is 16.9 Å². The zero-order valence-corrected chi connectivity index (χ0v) is 19.1. The van der Waals surface area contributed by atoms with E-state index >= 15 is 0 Å². The number of amides is 1. The zero-order valence-electron chi connectivity index (χ0n) is 18.3. The lowest BCUT2D eigenvalue weighted by Gasteiger charge is -2.13. The molecule has 2 aromatic heterocycles. The predicted molar refractivity (Wildman–Crippen MR) is 129 cm³/mol. The first-order valence-corrected chi connectivity index (χ1v) is 11.4. The highest BCUT2D eigenvalue weighted by Gasteiger charge is 2.22. The minimum atomic E-state index is -0.378. The molecule has 2 aromatic carbocycles. The fourth-order valence-electron chi connectivity index (χ4n) is 3.36. The Labute approximate surface area is 196 Å². The van der Waals surface area contributed by atoms with E-state index in [0.29, 0.717) is 28.8 Å². The second-order valence-electron chi connectivity index (χ2n) is 7.50. The van der Waals surface area contributed by atoms with Crippen LogP contribution < -0.4 is 5.32 Å². The lowest BCUT2D eigenvalue weighted by Crippen LogP contribution is -2.15. The molecule has 166 valence electrons. The Kier molecular flexibility index (Phi) is 6.95. The molecule has 0 saturated heterocycles. The van der Waals surface area contributed by atoms with Crippen LogP contribution in [0, 0.1) is 0 Å². The monoisotopic (exact) mass is 457 g/mol. The van der Waals surface area contributed by atoms with Gasteiger partial charge in [-0.1, -0.05) is 42.1 Å². The van der Waals surface area contributed by atoms with Crippen LogP contribution in [0.5, 0.6) is 0 Å². The maximum Gasteiger partial charge on any atom is 0.221 e. The summed E-state index contributed by atoms with van der Waals surface area (Å²) in [5, 5.41) is 11.8. The third kappa shape index (κ3) is 5.53. The van der Waals surface area contributed by atoms with Crippen LogP contribution in [0.1, 0.15) is 29.8 Å². The molecule has 0 aliphatic heterocycles. The van der Waals surface area contributed by atoms with Crippen LogP contribution in [0.25, 0.3) is 11.4 Å². The van der Waals surface area contributed by atoms with Gasteiger partial charge in [0, 0.05) is 36.1 Å². The highest BCUT2D eigenvalue weighted by molar-refractivity contribution is 8.00. The molecule has 0 fully saturated rings. The summed E-state index contributed by atoms with van der Waals surface area (Å²) in [4.78, 5) is 28.5. The second kappa shape index (κ2) is 10.2. The fraction of sp³-hybridized carbons (Fsp3) is 0.160. The quantitative estimate of drug-likeness (QED) is 0.304. The van der Waals surface area contributed by atoms with Crippen molar-refractivity contribution in [1.29, 1.82) is 0 Å². The van der Waals surface area contributed by atoms with Crippen LogP contribution >= 0.6 is 11.8 Å². The van der Waals surface area contributed by atoms with Crippen LogP contribution in [0.3, 0.4) is 0 Å². The molecule has 4 rings (SSSR count). The first kappa shape index (κ1) is 22.4. The van der Waals surface area contributed by atoms with Crippen LogP contribution in [0.15, 0.2) is 84.3 Å². The van der Waals surface area contributed by atoms with Crippen molar-refractivity contribution < 1.29 is 9.59 Å². The number of carbonyl (C=O) groups is 2. The van der Waals surface area contributed by atoms with Gasteiger partial charge in [-0.25, -0.2) is 0 Å². The third-order valence-electron chi connectivity index (χ3n) is 4.96. The van der Waals surface area contributed by atoms with E-state index in [1.807, 2.05) is 54.0 Å². The van der Waals surface area contributed by atoms with Crippen molar-refractivity contribution in [2.45, 2.75) is 30.8 Å². The topological polar surface area (TPSA) is 89.8 Å². The number of pyridine rings is 1. The standard InChI is InChI=1S/C25H23N5O2S/c1-17(23(32)20-10-12-22(13-11-20)27-18(2)31)33-25-29-28-24(21-9-6-14-26-15-21)30(25)16-19-7-4-3-5-8-19/h3-15,17H,16H2,1-2H3,(H,27,31). The smallest absolute Gasteiger partial charge is 0.221 e. The van der Waals surface area contributed by atoms with Gasteiger partial charge >= 0.3 is 0 Å². The van der Waals surface area contributed by atoms with Gasteiger partial charge in [0.2, 0.25) is 5.91 Å². The molecule has 0 saturated carbocycles. The average Bonchev–Trinajstić information content (AvgIpc) is 3.21. The number of nitrogens with one attached hydrogen (secondary N) is 1. The Hall–Kier alpha value is -3.78. The second-order valence-corrected chi connectivity index (χ2v) is 8.81. The number of Topliss-reactive ketones (excluding diaryl/α,β-unsaturated/α-hetero) is 1. The average molecular weight is 458 g/mol. The van der Waals surface area contributed by atoms with Gasteiger partial charge in [0.05, 0.1) is 11.8 Å². The van der Waals surface area contributed by atoms with Crippen molar-refractivity contribution in [3.05, 3.63) is 90.3 Å². The molecule has 0 bridgehead atoms. The van der Waals surface area contributed by atoms with Gasteiger partial charge in [-0.05, 0) is 48.9 Å². The van der Waals surface area contributed by atoms with E-state index < -0.39 is 0 Å². The molecule has 2 heterocycles. The van der Waals surface area contributed by atoms with Crippen molar-refractivity contribution in [3.63, 3.8) is 0 Å². The van der Waals surface area contributed by atoms with Gasteiger partial charge < -0.3 is 5.32 Å². The Balaban J connectivity index is 1.58. The molecule has 4 aromatic rings. The number of hydrogen-bond donors (Lipinski definition) is 1. The minimum Gasteiger partial charge on any atom is -0.326 e. The van der Waals surface area contributed by atoms with E-state index in [4.69, 9.17) is 0 Å². The van der Waals surface area contributed by atoms with Crippen LogP contribution in [-0.4, -0.2) is 36.7 Å². The summed E-state index contributed by atoms with van der Waals surface area (Å²) >= 11 is 1.37. The van der Waals surface area contributed by atoms with Crippen molar-refractivity contribution >= 4 is 29.1 Å².